The summed E-state index contributed by atoms with van der Waals surface area (Å²) < 4.78 is 11.0. The van der Waals surface area contributed by atoms with Crippen LogP contribution in [0.1, 0.15) is 36.6 Å². The Hall–Kier alpha value is -4.26. The third-order valence-electron chi connectivity index (χ3n) is 6.78. The number of aliphatic hydroxyl groups excluding tert-OH is 1. The molecular formula is C32H36N2O5. The normalized spacial score (nSPS) is 16.6. The molecular weight excluding hydrogens is 492 g/mol. The first-order valence-electron chi connectivity index (χ1n) is 13.1. The topological polar surface area (TPSA) is 79.3 Å². The lowest BCUT2D eigenvalue weighted by molar-refractivity contribution is -0.139. The zero-order valence-electron chi connectivity index (χ0n) is 23.2. The first-order valence-corrected chi connectivity index (χ1v) is 13.1. The van der Waals surface area contributed by atoms with Crippen LogP contribution in [0.5, 0.6) is 11.5 Å². The van der Waals surface area contributed by atoms with Gasteiger partial charge < -0.3 is 24.4 Å². The predicted octanol–water partition coefficient (Wildman–Crippen LogP) is 5.46. The second-order valence-corrected chi connectivity index (χ2v) is 10.3. The van der Waals surface area contributed by atoms with Crippen LogP contribution >= 0.6 is 0 Å². The number of carbonyl (C=O) groups excluding carboxylic acids is 2. The number of anilines is 1. The van der Waals surface area contributed by atoms with Gasteiger partial charge in [0.25, 0.3) is 11.7 Å². The molecule has 1 N–H and O–H groups in total. The molecule has 1 fully saturated rings. The Balaban J connectivity index is 1.70. The van der Waals surface area contributed by atoms with Crippen molar-refractivity contribution < 1.29 is 24.2 Å². The summed E-state index contributed by atoms with van der Waals surface area (Å²) in [4.78, 5) is 30.2. The molecule has 1 heterocycles. The van der Waals surface area contributed by atoms with Gasteiger partial charge in [0.2, 0.25) is 0 Å². The number of amides is 1. The molecule has 4 rings (SSSR count). The second-order valence-electron chi connectivity index (χ2n) is 10.3. The molecule has 0 aromatic heterocycles. The summed E-state index contributed by atoms with van der Waals surface area (Å²) in [6, 6.07) is 21.6. The number of hydrogen-bond donors (Lipinski definition) is 1. The van der Waals surface area contributed by atoms with Crippen molar-refractivity contribution >= 4 is 23.1 Å². The Morgan fingerprint density at radius 3 is 2.10 bits per heavy atom. The number of rotatable bonds is 10. The van der Waals surface area contributed by atoms with Gasteiger partial charge >= 0.3 is 0 Å². The van der Waals surface area contributed by atoms with E-state index < -0.39 is 17.7 Å². The Kier molecular flexibility index (Phi) is 8.59. The predicted molar refractivity (Wildman–Crippen MR) is 153 cm³/mol. The zero-order chi connectivity index (χ0) is 28.1. The average Bonchev–Trinajstić information content (AvgIpc) is 3.20. The van der Waals surface area contributed by atoms with E-state index in [4.69, 9.17) is 9.47 Å². The highest BCUT2D eigenvalue weighted by atomic mass is 16.5. The molecule has 204 valence electrons. The summed E-state index contributed by atoms with van der Waals surface area (Å²) in [5.74, 6) is 0.299. The van der Waals surface area contributed by atoms with Gasteiger partial charge in [-0.15, -0.1) is 0 Å². The number of carbonyl (C=O) groups is 2. The highest BCUT2D eigenvalue weighted by Gasteiger charge is 2.45. The quantitative estimate of drug-likeness (QED) is 0.214. The molecule has 0 spiro atoms. The molecule has 0 radical (unpaired) electrons. The van der Waals surface area contributed by atoms with Gasteiger partial charge in [0.1, 0.15) is 17.3 Å². The summed E-state index contributed by atoms with van der Waals surface area (Å²) in [7, 11) is 5.51. The lowest BCUT2D eigenvalue weighted by Gasteiger charge is -2.26. The first kappa shape index (κ1) is 27.8. The SMILES string of the molecule is COc1ccc(CCN2C(=O)C(=O)/C(=C(\O)c3ccc(OCC(C)C)cc3)C2c2ccc(N(C)C)cc2)cc1. The first-order chi connectivity index (χ1) is 18.7. The molecule has 1 aliphatic rings. The molecule has 1 aliphatic heterocycles. The van der Waals surface area contributed by atoms with Crippen molar-refractivity contribution in [1.82, 2.24) is 4.90 Å². The van der Waals surface area contributed by atoms with E-state index in [0.29, 0.717) is 36.8 Å². The van der Waals surface area contributed by atoms with Crippen LogP contribution in [0.4, 0.5) is 5.69 Å². The van der Waals surface area contributed by atoms with Crippen LogP contribution in [0, 0.1) is 5.92 Å². The highest BCUT2D eigenvalue weighted by Crippen LogP contribution is 2.40. The number of methoxy groups -OCH3 is 1. The van der Waals surface area contributed by atoms with Crippen molar-refractivity contribution in [1.29, 1.82) is 0 Å². The van der Waals surface area contributed by atoms with Gasteiger partial charge in [-0.25, -0.2) is 0 Å². The molecule has 39 heavy (non-hydrogen) atoms. The third kappa shape index (κ3) is 6.25. The Bertz CT molecular complexity index is 1330. The number of aliphatic hydroxyl groups is 1. The number of ketones is 1. The molecule has 0 bridgehead atoms. The maximum absolute atomic E-state index is 13.4. The van der Waals surface area contributed by atoms with Gasteiger partial charge in [-0.05, 0) is 72.0 Å². The zero-order valence-corrected chi connectivity index (χ0v) is 23.2. The molecule has 1 atom stereocenters. The summed E-state index contributed by atoms with van der Waals surface area (Å²) >= 11 is 0. The van der Waals surface area contributed by atoms with Gasteiger partial charge in [0, 0.05) is 31.9 Å². The molecule has 0 saturated carbocycles. The van der Waals surface area contributed by atoms with Crippen LogP contribution in [0.25, 0.3) is 5.76 Å². The number of Topliss-reactive ketones (excluding diaryl/α,β-unsaturated/α-hetero) is 1. The summed E-state index contributed by atoms with van der Waals surface area (Å²) in [6.07, 6.45) is 0.547. The Morgan fingerprint density at radius 2 is 1.54 bits per heavy atom. The molecule has 1 saturated heterocycles. The van der Waals surface area contributed by atoms with E-state index in [-0.39, 0.29) is 11.3 Å². The van der Waals surface area contributed by atoms with Crippen LogP contribution in [0.2, 0.25) is 0 Å². The van der Waals surface area contributed by atoms with Crippen LogP contribution in [-0.2, 0) is 16.0 Å². The summed E-state index contributed by atoms with van der Waals surface area (Å²) in [6.45, 7) is 5.03. The number of nitrogens with zero attached hydrogens (tertiary/aromatic N) is 2. The minimum absolute atomic E-state index is 0.0863. The molecule has 7 heteroatoms. The van der Waals surface area contributed by atoms with Gasteiger partial charge in [-0.1, -0.05) is 38.1 Å². The fourth-order valence-corrected chi connectivity index (χ4v) is 4.58. The molecule has 3 aromatic carbocycles. The molecule has 7 nitrogen and oxygen atoms in total. The smallest absolute Gasteiger partial charge is 0.295 e. The van der Waals surface area contributed by atoms with E-state index in [9.17, 15) is 14.7 Å². The van der Waals surface area contributed by atoms with Gasteiger partial charge in [-0.3, -0.25) is 9.59 Å². The largest absolute Gasteiger partial charge is 0.507 e. The van der Waals surface area contributed by atoms with E-state index in [1.165, 1.54) is 0 Å². The van der Waals surface area contributed by atoms with Crippen molar-refractivity contribution in [2.75, 3.05) is 39.3 Å². The van der Waals surface area contributed by atoms with Crippen molar-refractivity contribution in [2.45, 2.75) is 26.3 Å². The average molecular weight is 529 g/mol. The number of likely N-dealkylation sites (tertiary alicyclic amines) is 1. The van der Waals surface area contributed by atoms with Crippen LogP contribution in [-0.4, -0.2) is 56.1 Å². The second kappa shape index (κ2) is 12.1. The summed E-state index contributed by atoms with van der Waals surface area (Å²) in [5, 5.41) is 11.4. The van der Waals surface area contributed by atoms with Crippen LogP contribution in [0.3, 0.4) is 0 Å². The fourth-order valence-electron chi connectivity index (χ4n) is 4.58. The lowest BCUT2D eigenvalue weighted by atomic mass is 9.95. The maximum Gasteiger partial charge on any atom is 0.295 e. The monoisotopic (exact) mass is 528 g/mol. The van der Waals surface area contributed by atoms with Crippen LogP contribution in [0.15, 0.2) is 78.4 Å². The lowest BCUT2D eigenvalue weighted by Crippen LogP contribution is -2.31. The van der Waals surface area contributed by atoms with E-state index in [2.05, 4.69) is 13.8 Å². The molecule has 1 amide bonds. The number of ether oxygens (including phenoxy) is 2. The van der Waals surface area contributed by atoms with E-state index in [0.717, 1.165) is 22.6 Å². The van der Waals surface area contributed by atoms with Gasteiger partial charge in [-0.2, -0.15) is 0 Å². The minimum Gasteiger partial charge on any atom is -0.507 e. The summed E-state index contributed by atoms with van der Waals surface area (Å²) in [5.41, 5.74) is 3.30. The van der Waals surface area contributed by atoms with Crippen LogP contribution < -0.4 is 14.4 Å². The molecule has 1 unspecified atom stereocenters. The molecule has 3 aromatic rings. The van der Waals surface area contributed by atoms with E-state index in [1.807, 2.05) is 67.5 Å². The third-order valence-corrected chi connectivity index (χ3v) is 6.78. The fraction of sp³-hybridized carbons (Fsp3) is 0.312. The van der Waals surface area contributed by atoms with E-state index in [1.54, 1.807) is 36.3 Å². The van der Waals surface area contributed by atoms with Gasteiger partial charge in [0.15, 0.2) is 0 Å². The minimum atomic E-state index is -0.712. The molecule has 0 aliphatic carbocycles. The van der Waals surface area contributed by atoms with Gasteiger partial charge in [0.05, 0.1) is 25.3 Å². The van der Waals surface area contributed by atoms with Crippen molar-refractivity contribution in [2.24, 2.45) is 5.92 Å². The Morgan fingerprint density at radius 1 is 0.923 bits per heavy atom. The van der Waals surface area contributed by atoms with Crippen molar-refractivity contribution in [3.05, 3.63) is 95.1 Å². The highest BCUT2D eigenvalue weighted by molar-refractivity contribution is 6.46. The standard InChI is InChI=1S/C32H36N2O5/c1-21(2)20-39-27-16-10-24(11-17-27)30(35)28-29(23-8-12-25(13-9-23)33(3)4)34(32(37)31(28)36)19-18-22-6-14-26(38-5)15-7-22/h6-17,21,29,35H,18-20H2,1-5H3/b30-28-. The maximum atomic E-state index is 13.4. The number of hydrogen-bond acceptors (Lipinski definition) is 6. The van der Waals surface area contributed by atoms with Crippen molar-refractivity contribution in [3.63, 3.8) is 0 Å². The van der Waals surface area contributed by atoms with Crippen molar-refractivity contribution in [3.8, 4) is 11.5 Å². The van der Waals surface area contributed by atoms with E-state index >= 15 is 0 Å². The number of benzene rings is 3. The Labute approximate surface area is 230 Å².